The molecular formula is C14H18N2O. The van der Waals surface area contributed by atoms with Gasteiger partial charge in [0, 0.05) is 6.04 Å². The number of methoxy groups -OCH3 is 1. The van der Waals surface area contributed by atoms with Gasteiger partial charge in [-0.3, -0.25) is 0 Å². The predicted molar refractivity (Wildman–Crippen MR) is 66.7 cm³/mol. The molecule has 0 aliphatic heterocycles. The Kier molecular flexibility index (Phi) is 3.35. The Balaban J connectivity index is 2.32. The zero-order valence-corrected chi connectivity index (χ0v) is 10.1. The fourth-order valence-electron chi connectivity index (χ4n) is 2.52. The van der Waals surface area contributed by atoms with Crippen LogP contribution in [-0.2, 0) is 5.41 Å². The molecule has 3 heteroatoms. The molecule has 0 saturated heterocycles. The summed E-state index contributed by atoms with van der Waals surface area (Å²) in [5.74, 6) is 0.812. The van der Waals surface area contributed by atoms with Gasteiger partial charge in [0.05, 0.1) is 18.6 Å². The van der Waals surface area contributed by atoms with Gasteiger partial charge in [0.25, 0.3) is 0 Å². The topological polar surface area (TPSA) is 59.0 Å². The summed E-state index contributed by atoms with van der Waals surface area (Å²) in [6.45, 7) is 0. The summed E-state index contributed by atoms with van der Waals surface area (Å²) in [6, 6.07) is 10.6. The highest BCUT2D eigenvalue weighted by Gasteiger charge is 2.36. The first-order valence-corrected chi connectivity index (χ1v) is 6.01. The molecule has 1 fully saturated rings. The van der Waals surface area contributed by atoms with Crippen LogP contribution in [0.25, 0.3) is 0 Å². The minimum absolute atomic E-state index is 0.252. The number of nitrogens with two attached hydrogens (primary N) is 1. The molecule has 2 rings (SSSR count). The van der Waals surface area contributed by atoms with E-state index in [1.54, 1.807) is 7.11 Å². The lowest BCUT2D eigenvalue weighted by Crippen LogP contribution is -2.35. The quantitative estimate of drug-likeness (QED) is 0.848. The van der Waals surface area contributed by atoms with E-state index >= 15 is 0 Å². The number of hydrogen-bond acceptors (Lipinski definition) is 3. The average Bonchev–Trinajstić information content (AvgIpc) is 2.40. The Bertz CT molecular complexity index is 428. The van der Waals surface area contributed by atoms with Crippen molar-refractivity contribution in [2.75, 3.05) is 7.11 Å². The fourth-order valence-corrected chi connectivity index (χ4v) is 2.52. The van der Waals surface area contributed by atoms with Gasteiger partial charge in [0.15, 0.2) is 0 Å². The van der Waals surface area contributed by atoms with Crippen molar-refractivity contribution in [3.63, 3.8) is 0 Å². The molecular weight excluding hydrogens is 212 g/mol. The van der Waals surface area contributed by atoms with Crippen LogP contribution in [-0.4, -0.2) is 13.2 Å². The van der Waals surface area contributed by atoms with Gasteiger partial charge in [-0.1, -0.05) is 12.1 Å². The Morgan fingerprint density at radius 2 is 2.12 bits per heavy atom. The van der Waals surface area contributed by atoms with Gasteiger partial charge < -0.3 is 10.5 Å². The SMILES string of the molecule is COc1cccc([C@]2(C#N)CC[C@@H](N)CC2)c1. The lowest BCUT2D eigenvalue weighted by atomic mass is 9.69. The largest absolute Gasteiger partial charge is 0.497 e. The van der Waals surface area contributed by atoms with Crippen LogP contribution in [0.3, 0.4) is 0 Å². The van der Waals surface area contributed by atoms with Crippen LogP contribution in [0.15, 0.2) is 24.3 Å². The van der Waals surface area contributed by atoms with Gasteiger partial charge >= 0.3 is 0 Å². The van der Waals surface area contributed by atoms with Crippen LogP contribution in [0, 0.1) is 11.3 Å². The summed E-state index contributed by atoms with van der Waals surface area (Å²) in [6.07, 6.45) is 3.53. The molecule has 1 aliphatic rings. The van der Waals surface area contributed by atoms with E-state index in [4.69, 9.17) is 10.5 Å². The molecule has 0 unspecified atom stereocenters. The van der Waals surface area contributed by atoms with Crippen molar-refractivity contribution in [1.82, 2.24) is 0 Å². The minimum atomic E-state index is -0.371. The number of ether oxygens (including phenoxy) is 1. The number of hydrogen-bond donors (Lipinski definition) is 1. The fraction of sp³-hybridized carbons (Fsp3) is 0.500. The molecule has 1 aromatic rings. The summed E-state index contributed by atoms with van der Waals surface area (Å²) in [5, 5.41) is 9.51. The molecule has 0 bridgehead atoms. The van der Waals surface area contributed by atoms with Crippen molar-refractivity contribution >= 4 is 0 Å². The minimum Gasteiger partial charge on any atom is -0.497 e. The van der Waals surface area contributed by atoms with E-state index < -0.39 is 0 Å². The second-order valence-electron chi connectivity index (χ2n) is 4.76. The molecule has 17 heavy (non-hydrogen) atoms. The molecule has 0 amide bonds. The smallest absolute Gasteiger partial charge is 0.119 e. The van der Waals surface area contributed by atoms with E-state index in [2.05, 4.69) is 6.07 Å². The van der Waals surface area contributed by atoms with Gasteiger partial charge in [-0.15, -0.1) is 0 Å². The monoisotopic (exact) mass is 230 g/mol. The van der Waals surface area contributed by atoms with Crippen molar-refractivity contribution in [2.24, 2.45) is 5.73 Å². The first-order valence-electron chi connectivity index (χ1n) is 6.01. The van der Waals surface area contributed by atoms with Crippen molar-refractivity contribution in [2.45, 2.75) is 37.1 Å². The third kappa shape index (κ3) is 2.27. The first-order chi connectivity index (χ1) is 8.20. The van der Waals surface area contributed by atoms with Gasteiger partial charge in [0.2, 0.25) is 0 Å². The number of nitrogens with zero attached hydrogens (tertiary/aromatic N) is 1. The normalized spacial score (nSPS) is 28.4. The molecule has 1 aromatic carbocycles. The lowest BCUT2D eigenvalue weighted by molar-refractivity contribution is 0.330. The second kappa shape index (κ2) is 4.77. The van der Waals surface area contributed by atoms with E-state index in [1.165, 1.54) is 0 Å². The van der Waals surface area contributed by atoms with Crippen LogP contribution in [0.4, 0.5) is 0 Å². The third-order valence-electron chi connectivity index (χ3n) is 3.72. The molecule has 0 aromatic heterocycles. The number of nitriles is 1. The van der Waals surface area contributed by atoms with Crippen molar-refractivity contribution in [3.05, 3.63) is 29.8 Å². The molecule has 2 N–H and O–H groups in total. The van der Waals surface area contributed by atoms with Gasteiger partial charge in [-0.25, -0.2) is 0 Å². The lowest BCUT2D eigenvalue weighted by Gasteiger charge is -2.34. The van der Waals surface area contributed by atoms with Crippen LogP contribution < -0.4 is 10.5 Å². The van der Waals surface area contributed by atoms with Crippen molar-refractivity contribution in [3.8, 4) is 11.8 Å². The highest BCUT2D eigenvalue weighted by Crippen LogP contribution is 2.39. The van der Waals surface area contributed by atoms with Gasteiger partial charge in [-0.2, -0.15) is 5.26 Å². The highest BCUT2D eigenvalue weighted by atomic mass is 16.5. The maximum absolute atomic E-state index is 9.51. The average molecular weight is 230 g/mol. The zero-order valence-electron chi connectivity index (χ0n) is 10.1. The standard InChI is InChI=1S/C14H18N2O/c1-17-13-4-2-3-11(9-13)14(10-15)7-5-12(16)6-8-14/h2-4,9,12H,5-8,16H2,1H3/t12-,14-. The summed E-state index contributed by atoms with van der Waals surface area (Å²) in [5.41, 5.74) is 6.60. The Labute approximate surface area is 102 Å². The maximum Gasteiger partial charge on any atom is 0.119 e. The molecule has 90 valence electrons. The highest BCUT2D eigenvalue weighted by molar-refractivity contribution is 5.38. The summed E-state index contributed by atoms with van der Waals surface area (Å²) in [4.78, 5) is 0. The van der Waals surface area contributed by atoms with Crippen LogP contribution in [0.5, 0.6) is 5.75 Å². The Morgan fingerprint density at radius 3 is 2.71 bits per heavy atom. The Morgan fingerprint density at radius 1 is 1.41 bits per heavy atom. The third-order valence-corrected chi connectivity index (χ3v) is 3.72. The summed E-state index contributed by atoms with van der Waals surface area (Å²) < 4.78 is 5.22. The summed E-state index contributed by atoms with van der Waals surface area (Å²) in [7, 11) is 1.65. The van der Waals surface area contributed by atoms with Crippen LogP contribution in [0.2, 0.25) is 0 Å². The molecule has 0 atom stereocenters. The van der Waals surface area contributed by atoms with Crippen LogP contribution >= 0.6 is 0 Å². The number of rotatable bonds is 2. The first kappa shape index (κ1) is 11.9. The van der Waals surface area contributed by atoms with Crippen molar-refractivity contribution < 1.29 is 4.74 Å². The molecule has 0 heterocycles. The number of benzene rings is 1. The second-order valence-corrected chi connectivity index (χ2v) is 4.76. The molecule has 1 aliphatic carbocycles. The zero-order chi connectivity index (χ0) is 12.3. The summed E-state index contributed by atoms with van der Waals surface area (Å²) >= 11 is 0. The van der Waals surface area contributed by atoms with E-state index in [9.17, 15) is 5.26 Å². The molecule has 1 saturated carbocycles. The Hall–Kier alpha value is -1.53. The van der Waals surface area contributed by atoms with Crippen LogP contribution in [0.1, 0.15) is 31.2 Å². The van der Waals surface area contributed by atoms with Crippen molar-refractivity contribution in [1.29, 1.82) is 5.26 Å². The maximum atomic E-state index is 9.51. The predicted octanol–water partition coefficient (Wildman–Crippen LogP) is 2.36. The molecule has 3 nitrogen and oxygen atoms in total. The van der Waals surface area contributed by atoms with Gasteiger partial charge in [-0.05, 0) is 43.4 Å². The molecule has 0 spiro atoms. The van der Waals surface area contributed by atoms with Gasteiger partial charge in [0.1, 0.15) is 5.75 Å². The molecule has 0 radical (unpaired) electrons. The van der Waals surface area contributed by atoms with E-state index in [0.29, 0.717) is 0 Å². The van der Waals surface area contributed by atoms with E-state index in [-0.39, 0.29) is 11.5 Å². The van der Waals surface area contributed by atoms with E-state index in [0.717, 1.165) is 37.0 Å². The van der Waals surface area contributed by atoms with E-state index in [1.807, 2.05) is 24.3 Å².